The van der Waals surface area contributed by atoms with Crippen LogP contribution in [0.25, 0.3) is 0 Å². The van der Waals surface area contributed by atoms with Crippen LogP contribution in [0.3, 0.4) is 0 Å². The largest absolute Gasteiger partial charge is 0.328 e. The maximum atomic E-state index is 6.40. The van der Waals surface area contributed by atoms with E-state index in [4.69, 9.17) is 5.73 Å². The maximum absolute atomic E-state index is 6.40. The van der Waals surface area contributed by atoms with Gasteiger partial charge in [-0.25, -0.2) is 0 Å². The normalized spacial score (nSPS) is 19.2. The zero-order valence-electron chi connectivity index (χ0n) is 12.6. The summed E-state index contributed by atoms with van der Waals surface area (Å²) in [5.74, 6) is 0.687. The molecule has 2 aromatic rings. The highest BCUT2D eigenvalue weighted by Gasteiger charge is 2.21. The van der Waals surface area contributed by atoms with Gasteiger partial charge in [-0.1, -0.05) is 30.3 Å². The van der Waals surface area contributed by atoms with Crippen LogP contribution in [0.2, 0.25) is 0 Å². The minimum atomic E-state index is 0.348. The van der Waals surface area contributed by atoms with E-state index >= 15 is 0 Å². The molecule has 0 saturated carbocycles. The summed E-state index contributed by atoms with van der Waals surface area (Å²) >= 11 is 1.86. The summed E-state index contributed by atoms with van der Waals surface area (Å²) < 4.78 is 0. The van der Waals surface area contributed by atoms with Gasteiger partial charge in [-0.3, -0.25) is 0 Å². The van der Waals surface area contributed by atoms with E-state index in [1.807, 2.05) is 11.3 Å². The minimum absolute atomic E-state index is 0.348. The summed E-state index contributed by atoms with van der Waals surface area (Å²) in [4.78, 5) is 1.49. The first-order valence-corrected chi connectivity index (χ1v) is 9.06. The Labute approximate surface area is 132 Å². The molecule has 1 nitrogen and oxygen atoms in total. The van der Waals surface area contributed by atoms with Gasteiger partial charge in [0.15, 0.2) is 0 Å². The SMILES string of the molecule is NC(CCCc1cccs1)CC1CCCc2ccccc21. The molecule has 3 rings (SSSR count). The highest BCUT2D eigenvalue weighted by molar-refractivity contribution is 7.09. The molecule has 0 saturated heterocycles. The molecule has 2 heteroatoms. The first-order chi connectivity index (χ1) is 10.3. The van der Waals surface area contributed by atoms with Gasteiger partial charge in [0.2, 0.25) is 0 Å². The van der Waals surface area contributed by atoms with E-state index in [9.17, 15) is 0 Å². The standard InChI is InChI=1S/C19H25NS/c20-17(9-4-10-18-11-5-13-21-18)14-16-8-3-7-15-6-1-2-12-19(15)16/h1-2,5-6,11-13,16-17H,3-4,7-10,14,20H2. The Morgan fingerprint density at radius 2 is 2.10 bits per heavy atom. The molecule has 0 spiro atoms. The number of rotatable bonds is 6. The summed E-state index contributed by atoms with van der Waals surface area (Å²) in [6.07, 6.45) is 8.60. The first kappa shape index (κ1) is 14.8. The summed E-state index contributed by atoms with van der Waals surface area (Å²) in [6.45, 7) is 0. The van der Waals surface area contributed by atoms with Gasteiger partial charge in [0, 0.05) is 10.9 Å². The van der Waals surface area contributed by atoms with Crippen LogP contribution in [0.1, 0.15) is 54.0 Å². The van der Waals surface area contributed by atoms with Crippen LogP contribution < -0.4 is 5.73 Å². The van der Waals surface area contributed by atoms with Crippen molar-refractivity contribution < 1.29 is 0 Å². The Morgan fingerprint density at radius 3 is 2.95 bits per heavy atom. The topological polar surface area (TPSA) is 26.0 Å². The summed E-state index contributed by atoms with van der Waals surface area (Å²) in [5.41, 5.74) is 9.53. The van der Waals surface area contributed by atoms with Crippen LogP contribution in [-0.2, 0) is 12.8 Å². The van der Waals surface area contributed by atoms with Crippen LogP contribution in [0.4, 0.5) is 0 Å². The van der Waals surface area contributed by atoms with E-state index in [2.05, 4.69) is 41.8 Å². The highest BCUT2D eigenvalue weighted by atomic mass is 32.1. The predicted molar refractivity (Wildman–Crippen MR) is 92.0 cm³/mol. The van der Waals surface area contributed by atoms with Crippen molar-refractivity contribution in [3.05, 3.63) is 57.8 Å². The molecule has 1 aliphatic rings. The molecule has 0 aliphatic heterocycles. The Morgan fingerprint density at radius 1 is 1.19 bits per heavy atom. The van der Waals surface area contributed by atoms with E-state index in [1.165, 1.54) is 37.0 Å². The zero-order chi connectivity index (χ0) is 14.5. The van der Waals surface area contributed by atoms with Crippen LogP contribution in [0.5, 0.6) is 0 Å². The van der Waals surface area contributed by atoms with Crippen molar-refractivity contribution >= 4 is 11.3 Å². The molecule has 0 amide bonds. The van der Waals surface area contributed by atoms with Gasteiger partial charge >= 0.3 is 0 Å². The predicted octanol–water partition coefficient (Wildman–Crippen LogP) is 4.91. The smallest absolute Gasteiger partial charge is 0.00452 e. The Hall–Kier alpha value is -1.12. The van der Waals surface area contributed by atoms with Crippen molar-refractivity contribution in [1.29, 1.82) is 0 Å². The first-order valence-electron chi connectivity index (χ1n) is 8.18. The molecule has 2 unspecified atom stereocenters. The number of hydrogen-bond acceptors (Lipinski definition) is 2. The molecule has 21 heavy (non-hydrogen) atoms. The van der Waals surface area contributed by atoms with E-state index in [0.717, 1.165) is 12.8 Å². The number of hydrogen-bond donors (Lipinski definition) is 1. The average molecular weight is 299 g/mol. The van der Waals surface area contributed by atoms with Gasteiger partial charge in [0.1, 0.15) is 0 Å². The van der Waals surface area contributed by atoms with Gasteiger partial charge in [0.05, 0.1) is 0 Å². The lowest BCUT2D eigenvalue weighted by molar-refractivity contribution is 0.446. The van der Waals surface area contributed by atoms with Gasteiger partial charge in [-0.15, -0.1) is 11.3 Å². The molecule has 2 N–H and O–H groups in total. The van der Waals surface area contributed by atoms with Crippen molar-refractivity contribution in [2.24, 2.45) is 5.73 Å². The summed E-state index contributed by atoms with van der Waals surface area (Å²) in [6, 6.07) is 13.7. The van der Waals surface area contributed by atoms with Crippen molar-refractivity contribution in [3.63, 3.8) is 0 Å². The Kier molecular flexibility index (Phi) is 5.10. The Bertz CT molecular complexity index is 546. The van der Waals surface area contributed by atoms with Gasteiger partial charge < -0.3 is 5.73 Å². The number of fused-ring (bicyclic) bond motifs is 1. The molecular formula is C19H25NS. The molecular weight excluding hydrogens is 274 g/mol. The molecule has 1 aromatic carbocycles. The third-order valence-electron chi connectivity index (χ3n) is 4.66. The lowest BCUT2D eigenvalue weighted by atomic mass is 9.79. The Balaban J connectivity index is 1.50. The minimum Gasteiger partial charge on any atom is -0.328 e. The maximum Gasteiger partial charge on any atom is 0.00452 e. The van der Waals surface area contributed by atoms with E-state index in [0.29, 0.717) is 12.0 Å². The van der Waals surface area contributed by atoms with Crippen LogP contribution >= 0.6 is 11.3 Å². The molecule has 0 radical (unpaired) electrons. The summed E-state index contributed by atoms with van der Waals surface area (Å²) in [5, 5.41) is 2.16. The summed E-state index contributed by atoms with van der Waals surface area (Å²) in [7, 11) is 0. The number of nitrogens with two attached hydrogens (primary N) is 1. The molecule has 112 valence electrons. The van der Waals surface area contributed by atoms with Gasteiger partial charge in [-0.2, -0.15) is 0 Å². The van der Waals surface area contributed by atoms with E-state index in [1.54, 1.807) is 11.1 Å². The second kappa shape index (κ2) is 7.24. The number of benzene rings is 1. The average Bonchev–Trinajstić information content (AvgIpc) is 3.01. The molecule has 1 aliphatic carbocycles. The van der Waals surface area contributed by atoms with E-state index in [-0.39, 0.29) is 0 Å². The van der Waals surface area contributed by atoms with Crippen LogP contribution in [-0.4, -0.2) is 6.04 Å². The molecule has 1 aromatic heterocycles. The fourth-order valence-corrected chi connectivity index (χ4v) is 4.33. The van der Waals surface area contributed by atoms with Crippen molar-refractivity contribution in [1.82, 2.24) is 0 Å². The zero-order valence-corrected chi connectivity index (χ0v) is 13.4. The molecule has 2 atom stereocenters. The monoisotopic (exact) mass is 299 g/mol. The fraction of sp³-hybridized carbons (Fsp3) is 0.474. The number of thiophene rings is 1. The third kappa shape index (κ3) is 3.96. The second-order valence-electron chi connectivity index (χ2n) is 6.26. The molecule has 0 fully saturated rings. The van der Waals surface area contributed by atoms with Crippen molar-refractivity contribution in [2.45, 2.75) is 56.9 Å². The molecule has 0 bridgehead atoms. The van der Waals surface area contributed by atoms with Crippen molar-refractivity contribution in [2.75, 3.05) is 0 Å². The lowest BCUT2D eigenvalue weighted by Gasteiger charge is -2.27. The second-order valence-corrected chi connectivity index (χ2v) is 7.29. The lowest BCUT2D eigenvalue weighted by Crippen LogP contribution is -2.24. The van der Waals surface area contributed by atoms with Crippen molar-refractivity contribution in [3.8, 4) is 0 Å². The number of aryl methyl sites for hydroxylation is 2. The van der Waals surface area contributed by atoms with Gasteiger partial charge in [-0.05, 0) is 73.4 Å². The molecule has 1 heterocycles. The van der Waals surface area contributed by atoms with E-state index < -0.39 is 0 Å². The highest BCUT2D eigenvalue weighted by Crippen LogP contribution is 2.34. The quantitative estimate of drug-likeness (QED) is 0.806. The fourth-order valence-electron chi connectivity index (χ4n) is 3.58. The van der Waals surface area contributed by atoms with Crippen LogP contribution in [0, 0.1) is 0 Å². The van der Waals surface area contributed by atoms with Gasteiger partial charge in [0.25, 0.3) is 0 Å². The third-order valence-corrected chi connectivity index (χ3v) is 5.60. The van der Waals surface area contributed by atoms with Crippen LogP contribution in [0.15, 0.2) is 41.8 Å².